The fourth-order valence-corrected chi connectivity index (χ4v) is 10.7. The Morgan fingerprint density at radius 3 is 1.27 bits per heavy atom. The minimum atomic E-state index is -1.79. The first-order chi connectivity index (χ1) is 37.6. The predicted octanol–water partition coefficient (Wildman–Crippen LogP) is 11.6. The zero-order valence-corrected chi connectivity index (χ0v) is 49.0. The Balaban J connectivity index is 1.70. The molecule has 2 aliphatic heterocycles. The molecule has 0 bridgehead atoms. The first-order valence-corrected chi connectivity index (χ1v) is 32.1. The van der Waals surface area contributed by atoms with Gasteiger partial charge in [-0.05, 0) is 32.1 Å². The van der Waals surface area contributed by atoms with E-state index in [2.05, 4.69) is 31.3 Å². The van der Waals surface area contributed by atoms with Crippen molar-refractivity contribution in [3.05, 3.63) is 24.3 Å². The third-order valence-electron chi connectivity index (χ3n) is 15.9. The van der Waals surface area contributed by atoms with Gasteiger partial charge in [0, 0.05) is 6.42 Å². The van der Waals surface area contributed by atoms with E-state index in [0.717, 1.165) is 32.1 Å². The predicted molar refractivity (Wildman–Crippen MR) is 309 cm³/mol. The summed E-state index contributed by atoms with van der Waals surface area (Å²) < 4.78 is 22.8. The number of aliphatic hydroxyl groups is 8. The normalized spacial score (nSPS) is 24.8. The lowest BCUT2D eigenvalue weighted by Crippen LogP contribution is -2.65. The summed E-state index contributed by atoms with van der Waals surface area (Å²) in [5.41, 5.74) is 0. The van der Waals surface area contributed by atoms with Crippen LogP contribution in [0.5, 0.6) is 0 Å². The van der Waals surface area contributed by atoms with Crippen molar-refractivity contribution in [1.82, 2.24) is 5.32 Å². The van der Waals surface area contributed by atoms with Crippen molar-refractivity contribution in [2.45, 2.75) is 351 Å². The van der Waals surface area contributed by atoms with Crippen molar-refractivity contribution in [3.63, 3.8) is 0 Å². The summed E-state index contributed by atoms with van der Waals surface area (Å²) >= 11 is 0. The van der Waals surface area contributed by atoms with Gasteiger partial charge in [-0.3, -0.25) is 4.79 Å². The van der Waals surface area contributed by atoms with Gasteiger partial charge >= 0.3 is 0 Å². The molecule has 0 aromatic carbocycles. The molecule has 1 amide bonds. The first kappa shape index (κ1) is 71.6. The van der Waals surface area contributed by atoms with Gasteiger partial charge in [0.1, 0.15) is 48.8 Å². The Kier molecular flexibility index (Phi) is 45.7. The molecule has 12 unspecified atom stereocenters. The molecule has 12 atom stereocenters. The van der Waals surface area contributed by atoms with Crippen molar-refractivity contribution in [3.8, 4) is 0 Å². The number of carbonyl (C=O) groups is 1. The van der Waals surface area contributed by atoms with E-state index in [0.29, 0.717) is 12.8 Å². The van der Waals surface area contributed by atoms with Crippen molar-refractivity contribution >= 4 is 5.91 Å². The topological polar surface area (TPSA) is 228 Å². The molecule has 2 fully saturated rings. The van der Waals surface area contributed by atoms with Gasteiger partial charge in [0.05, 0.1) is 32.0 Å². The van der Waals surface area contributed by atoms with Gasteiger partial charge in [0.2, 0.25) is 5.91 Å². The Morgan fingerprint density at radius 2 is 0.831 bits per heavy atom. The molecule has 77 heavy (non-hydrogen) atoms. The van der Waals surface area contributed by atoms with Crippen LogP contribution in [0.25, 0.3) is 0 Å². The number of rotatable bonds is 52. The standard InChI is InChI=1S/C63H119NO13/c1-3-5-7-9-11-13-15-17-19-21-22-23-24-25-26-27-28-29-30-31-33-35-37-39-41-43-45-47-55(68)64-51(52(67)46-44-42-40-38-36-34-32-20-18-16-14-12-10-8-6-4-2)50-74-62-60(73)58(71)61(54(49-66)76-62)77-63-59(72)57(70)56(69)53(48-65)75-63/h36,38,44,46,51-54,56-63,65-67,69-73H,3-35,37,39-43,45,47-50H2,1-2H3,(H,64,68)/b38-36+,46-44+. The maximum Gasteiger partial charge on any atom is 0.220 e. The highest BCUT2D eigenvalue weighted by Gasteiger charge is 2.51. The third kappa shape index (κ3) is 34.5. The van der Waals surface area contributed by atoms with Crippen LogP contribution in [0, 0.1) is 0 Å². The van der Waals surface area contributed by atoms with Crippen LogP contribution in [0.2, 0.25) is 0 Å². The smallest absolute Gasteiger partial charge is 0.220 e. The second kappa shape index (κ2) is 49.1. The number of hydrogen-bond acceptors (Lipinski definition) is 13. The Bertz CT molecular complexity index is 1390. The summed E-state index contributed by atoms with van der Waals surface area (Å²) in [5.74, 6) is -0.244. The van der Waals surface area contributed by atoms with E-state index in [1.807, 2.05) is 6.08 Å². The third-order valence-corrected chi connectivity index (χ3v) is 15.9. The lowest BCUT2D eigenvalue weighted by molar-refractivity contribution is -0.359. The molecule has 0 radical (unpaired) electrons. The SMILES string of the molecule is CCCCCCCCCCCC/C=C/CC/C=C/C(O)C(COC1OC(CO)C(OC2OC(CO)C(O)C(O)C2O)C(O)C1O)NC(=O)CCCCCCCCCCCCCCCCCCCCCCCCCCCCC. The monoisotopic (exact) mass is 1100 g/mol. The molecule has 0 spiro atoms. The molecule has 0 saturated carbocycles. The largest absolute Gasteiger partial charge is 0.394 e. The fourth-order valence-electron chi connectivity index (χ4n) is 10.7. The molecule has 0 aromatic heterocycles. The van der Waals surface area contributed by atoms with Crippen LogP contribution < -0.4 is 5.32 Å². The Hall–Kier alpha value is -1.53. The highest BCUT2D eigenvalue weighted by molar-refractivity contribution is 5.76. The average Bonchev–Trinajstić information content (AvgIpc) is 3.44. The molecule has 454 valence electrons. The number of nitrogens with one attached hydrogen (secondary N) is 1. The molecule has 2 saturated heterocycles. The van der Waals surface area contributed by atoms with Crippen LogP contribution in [0.15, 0.2) is 24.3 Å². The summed E-state index contributed by atoms with van der Waals surface area (Å²) in [4.78, 5) is 13.3. The van der Waals surface area contributed by atoms with E-state index >= 15 is 0 Å². The number of carbonyl (C=O) groups excluding carboxylic acids is 1. The summed E-state index contributed by atoms with van der Waals surface area (Å²) in [7, 11) is 0. The fraction of sp³-hybridized carbons (Fsp3) is 0.921. The molecule has 9 N–H and O–H groups in total. The Morgan fingerprint density at radius 1 is 0.455 bits per heavy atom. The lowest BCUT2D eigenvalue weighted by atomic mass is 9.97. The second-order valence-electron chi connectivity index (χ2n) is 22.9. The zero-order chi connectivity index (χ0) is 56.0. The number of hydrogen-bond donors (Lipinski definition) is 9. The molecule has 14 nitrogen and oxygen atoms in total. The molecule has 2 rings (SSSR count). The molecular weight excluding hydrogens is 979 g/mol. The Labute approximate surface area is 468 Å². The van der Waals surface area contributed by atoms with E-state index in [1.165, 1.54) is 212 Å². The van der Waals surface area contributed by atoms with Crippen LogP contribution in [0.1, 0.15) is 277 Å². The number of ether oxygens (including phenoxy) is 4. The van der Waals surface area contributed by atoms with Crippen LogP contribution in [-0.4, -0.2) is 140 Å². The van der Waals surface area contributed by atoms with Crippen molar-refractivity contribution < 1.29 is 64.6 Å². The van der Waals surface area contributed by atoms with Gasteiger partial charge in [-0.15, -0.1) is 0 Å². The lowest BCUT2D eigenvalue weighted by Gasteiger charge is -2.46. The van der Waals surface area contributed by atoms with E-state index in [9.17, 15) is 45.6 Å². The minimum absolute atomic E-state index is 0.244. The molecule has 14 heteroatoms. The molecular formula is C63H119NO13. The molecule has 2 heterocycles. The van der Waals surface area contributed by atoms with Gasteiger partial charge in [-0.1, -0.05) is 263 Å². The van der Waals surface area contributed by atoms with Gasteiger partial charge in [0.15, 0.2) is 12.6 Å². The minimum Gasteiger partial charge on any atom is -0.394 e. The van der Waals surface area contributed by atoms with E-state index < -0.39 is 86.8 Å². The van der Waals surface area contributed by atoms with E-state index in [1.54, 1.807) is 6.08 Å². The van der Waals surface area contributed by atoms with Gasteiger partial charge in [-0.25, -0.2) is 0 Å². The van der Waals surface area contributed by atoms with Crippen LogP contribution in [0.4, 0.5) is 0 Å². The number of amides is 1. The highest BCUT2D eigenvalue weighted by Crippen LogP contribution is 2.30. The van der Waals surface area contributed by atoms with E-state index in [-0.39, 0.29) is 18.9 Å². The summed E-state index contributed by atoms with van der Waals surface area (Å²) in [5, 5.41) is 87.1. The van der Waals surface area contributed by atoms with Crippen molar-refractivity contribution in [2.75, 3.05) is 19.8 Å². The number of allylic oxidation sites excluding steroid dienone is 3. The van der Waals surface area contributed by atoms with E-state index in [4.69, 9.17) is 18.9 Å². The van der Waals surface area contributed by atoms with Gasteiger partial charge in [0.25, 0.3) is 0 Å². The zero-order valence-electron chi connectivity index (χ0n) is 49.0. The van der Waals surface area contributed by atoms with Crippen molar-refractivity contribution in [1.29, 1.82) is 0 Å². The van der Waals surface area contributed by atoms with Crippen LogP contribution >= 0.6 is 0 Å². The quantitative estimate of drug-likeness (QED) is 0.0204. The van der Waals surface area contributed by atoms with Crippen LogP contribution in [0.3, 0.4) is 0 Å². The molecule has 0 aliphatic carbocycles. The summed E-state index contributed by atoms with van der Waals surface area (Å²) in [6.45, 7) is 2.81. The highest BCUT2D eigenvalue weighted by atomic mass is 16.7. The number of unbranched alkanes of at least 4 members (excludes halogenated alkanes) is 37. The molecule has 2 aliphatic rings. The van der Waals surface area contributed by atoms with Crippen LogP contribution in [-0.2, 0) is 23.7 Å². The average molecular weight is 1100 g/mol. The summed E-state index contributed by atoms with van der Waals surface area (Å²) in [6.07, 6.45) is 42.3. The second-order valence-corrected chi connectivity index (χ2v) is 22.9. The first-order valence-electron chi connectivity index (χ1n) is 32.1. The van der Waals surface area contributed by atoms with Gasteiger partial charge in [-0.2, -0.15) is 0 Å². The maximum atomic E-state index is 13.3. The number of aliphatic hydroxyl groups excluding tert-OH is 8. The summed E-state index contributed by atoms with van der Waals surface area (Å²) in [6, 6.07) is -0.928. The molecule has 0 aromatic rings. The van der Waals surface area contributed by atoms with Gasteiger partial charge < -0.3 is 65.1 Å². The maximum absolute atomic E-state index is 13.3. The van der Waals surface area contributed by atoms with Crippen molar-refractivity contribution in [2.24, 2.45) is 0 Å².